The Labute approximate surface area is 246 Å². The lowest BCUT2D eigenvalue weighted by atomic mass is 9.66. The summed E-state index contributed by atoms with van der Waals surface area (Å²) in [6.07, 6.45) is 4.09. The van der Waals surface area contributed by atoms with Crippen molar-refractivity contribution in [3.05, 3.63) is 48.5 Å². The number of amides is 3. The fourth-order valence-electron chi connectivity index (χ4n) is 7.02. The first kappa shape index (κ1) is 29.8. The molecule has 3 amide bonds. The second-order valence-electron chi connectivity index (χ2n) is 11.6. The van der Waals surface area contributed by atoms with E-state index in [-0.39, 0.29) is 24.3 Å². The molecule has 0 saturated carbocycles. The Hall–Kier alpha value is -3.63. The maximum absolute atomic E-state index is 14.2. The van der Waals surface area contributed by atoms with E-state index in [1.165, 1.54) is 0 Å². The van der Waals surface area contributed by atoms with Gasteiger partial charge in [0.15, 0.2) is 0 Å². The molecule has 2 aromatic carbocycles. The summed E-state index contributed by atoms with van der Waals surface area (Å²) in [5, 5.41) is 15.1. The number of fused-ring (bicyclic) bond motifs is 1. The number of carbonyl (C=O) groups excluding carboxylic acids is 3. The van der Waals surface area contributed by atoms with Crippen LogP contribution in [0, 0.1) is 11.8 Å². The van der Waals surface area contributed by atoms with E-state index < -0.39 is 29.1 Å². The van der Waals surface area contributed by atoms with Crippen LogP contribution in [-0.4, -0.2) is 71.8 Å². The van der Waals surface area contributed by atoms with Crippen LogP contribution in [0.3, 0.4) is 0 Å². The van der Waals surface area contributed by atoms with Crippen molar-refractivity contribution in [3.63, 3.8) is 0 Å². The number of aliphatic hydroxyl groups is 1. The van der Waals surface area contributed by atoms with Crippen LogP contribution < -0.4 is 20.1 Å². The van der Waals surface area contributed by atoms with Gasteiger partial charge in [-0.25, -0.2) is 0 Å². The number of likely N-dealkylation sites (tertiary alicyclic amines) is 1. The lowest BCUT2D eigenvalue weighted by Crippen LogP contribution is -2.53. The molecule has 0 radical (unpaired) electrons. The van der Waals surface area contributed by atoms with Crippen LogP contribution in [0.5, 0.6) is 11.5 Å². The lowest BCUT2D eigenvalue weighted by Gasteiger charge is -2.33. The molecule has 3 aliphatic heterocycles. The summed E-state index contributed by atoms with van der Waals surface area (Å²) in [6.45, 7) is 4.83. The van der Waals surface area contributed by atoms with Gasteiger partial charge in [0.1, 0.15) is 23.1 Å². The molecule has 5 atom stereocenters. The van der Waals surface area contributed by atoms with Gasteiger partial charge in [0.25, 0.3) is 0 Å². The van der Waals surface area contributed by atoms with Crippen molar-refractivity contribution >= 4 is 29.1 Å². The second-order valence-corrected chi connectivity index (χ2v) is 11.6. The zero-order valence-corrected chi connectivity index (χ0v) is 24.6. The van der Waals surface area contributed by atoms with E-state index in [0.29, 0.717) is 61.7 Å². The molecule has 3 saturated heterocycles. The lowest BCUT2D eigenvalue weighted by molar-refractivity contribution is -0.143. The largest absolute Gasteiger partial charge is 0.497 e. The van der Waals surface area contributed by atoms with Gasteiger partial charge in [-0.2, -0.15) is 0 Å². The summed E-state index contributed by atoms with van der Waals surface area (Å²) in [5.74, 6) is -0.995. The van der Waals surface area contributed by atoms with Gasteiger partial charge in [0.2, 0.25) is 17.7 Å². The number of carbonyl (C=O) groups is 3. The summed E-state index contributed by atoms with van der Waals surface area (Å²) in [7, 11) is 1.58. The standard InChI is InChI=1S/C32H41N3O7/c1-4-41-24-15-11-21(12-16-24)33-28(37)25-26-30(39)35(19-7-5-6-8-20-36)27(32(26)18-17-31(25,2)42-32)29(38)34-22-9-13-23(40-3)14-10-22/h9-16,25-27,36H,4-8,17-20H2,1-3H3,(H,33,37)(H,34,38)/t25-,26+,27?,31+,32?/m1/s1. The van der Waals surface area contributed by atoms with Crippen molar-refractivity contribution in [2.75, 3.05) is 37.5 Å². The molecule has 0 aliphatic carbocycles. The van der Waals surface area contributed by atoms with E-state index in [1.54, 1.807) is 60.5 Å². The summed E-state index contributed by atoms with van der Waals surface area (Å²) in [5.41, 5.74) is -0.793. The average molecular weight is 580 g/mol. The molecule has 5 rings (SSSR count). The number of ether oxygens (including phenoxy) is 3. The number of rotatable bonds is 13. The highest BCUT2D eigenvalue weighted by Gasteiger charge is 2.77. The maximum atomic E-state index is 14.2. The normalized spacial score (nSPS) is 27.6. The van der Waals surface area contributed by atoms with Crippen LogP contribution in [0.2, 0.25) is 0 Å². The van der Waals surface area contributed by atoms with Crippen molar-refractivity contribution < 1.29 is 33.7 Å². The molecule has 3 N–H and O–H groups in total. The molecular formula is C32H41N3O7. The minimum atomic E-state index is -1.10. The molecular weight excluding hydrogens is 538 g/mol. The molecule has 10 nitrogen and oxygen atoms in total. The summed E-state index contributed by atoms with van der Waals surface area (Å²) >= 11 is 0. The third-order valence-electron chi connectivity index (χ3n) is 8.90. The predicted molar refractivity (Wildman–Crippen MR) is 157 cm³/mol. The van der Waals surface area contributed by atoms with Crippen LogP contribution in [0.25, 0.3) is 0 Å². The van der Waals surface area contributed by atoms with Crippen molar-refractivity contribution in [1.29, 1.82) is 0 Å². The summed E-state index contributed by atoms with van der Waals surface area (Å²) < 4.78 is 17.4. The highest BCUT2D eigenvalue weighted by molar-refractivity contribution is 6.05. The van der Waals surface area contributed by atoms with Crippen molar-refractivity contribution in [2.24, 2.45) is 11.8 Å². The van der Waals surface area contributed by atoms with Crippen molar-refractivity contribution in [2.45, 2.75) is 69.6 Å². The fraction of sp³-hybridized carbons (Fsp3) is 0.531. The van der Waals surface area contributed by atoms with Gasteiger partial charge >= 0.3 is 0 Å². The topological polar surface area (TPSA) is 126 Å². The SMILES string of the molecule is CCOc1ccc(NC(=O)[C@H]2[C@H]3C(=O)N(CCCCCCO)C(C(=O)Nc4ccc(OC)cc4)C34CC[C@]2(C)O4)cc1. The second kappa shape index (κ2) is 12.3. The summed E-state index contributed by atoms with van der Waals surface area (Å²) in [4.78, 5) is 43.6. The molecule has 226 valence electrons. The Morgan fingerprint density at radius 2 is 1.57 bits per heavy atom. The first-order valence-corrected chi connectivity index (χ1v) is 14.9. The minimum Gasteiger partial charge on any atom is -0.497 e. The molecule has 2 aromatic rings. The Morgan fingerprint density at radius 3 is 2.19 bits per heavy atom. The number of hydrogen-bond acceptors (Lipinski definition) is 7. The third kappa shape index (κ3) is 5.45. The van der Waals surface area contributed by atoms with E-state index in [4.69, 9.17) is 19.3 Å². The highest BCUT2D eigenvalue weighted by Crippen LogP contribution is 2.63. The van der Waals surface area contributed by atoms with Crippen molar-refractivity contribution in [3.8, 4) is 11.5 Å². The molecule has 3 aliphatic rings. The van der Waals surface area contributed by atoms with E-state index in [0.717, 1.165) is 12.8 Å². The van der Waals surface area contributed by atoms with Gasteiger partial charge in [0.05, 0.1) is 31.2 Å². The smallest absolute Gasteiger partial charge is 0.250 e. The Balaban J connectivity index is 1.41. The number of unbranched alkanes of at least 4 members (excludes halogenated alkanes) is 3. The molecule has 3 fully saturated rings. The number of hydrogen-bond donors (Lipinski definition) is 3. The molecule has 42 heavy (non-hydrogen) atoms. The van der Waals surface area contributed by atoms with Gasteiger partial charge < -0.3 is 34.9 Å². The molecule has 10 heteroatoms. The van der Waals surface area contributed by atoms with Crippen molar-refractivity contribution in [1.82, 2.24) is 4.90 Å². The number of nitrogens with one attached hydrogen (secondary N) is 2. The van der Waals surface area contributed by atoms with Crippen LogP contribution in [-0.2, 0) is 19.1 Å². The Morgan fingerprint density at radius 1 is 0.952 bits per heavy atom. The van der Waals surface area contributed by atoms with E-state index in [2.05, 4.69) is 10.6 Å². The third-order valence-corrected chi connectivity index (χ3v) is 8.90. The predicted octanol–water partition coefficient (Wildman–Crippen LogP) is 3.99. The first-order valence-electron chi connectivity index (χ1n) is 14.9. The van der Waals surface area contributed by atoms with Crippen LogP contribution in [0.4, 0.5) is 11.4 Å². The van der Waals surface area contributed by atoms with Crippen LogP contribution >= 0.6 is 0 Å². The zero-order valence-electron chi connectivity index (χ0n) is 24.6. The Bertz CT molecular complexity index is 1280. The molecule has 1 spiro atoms. The van der Waals surface area contributed by atoms with Gasteiger partial charge in [-0.3, -0.25) is 14.4 Å². The number of anilines is 2. The summed E-state index contributed by atoms with van der Waals surface area (Å²) in [6, 6.07) is 13.3. The molecule has 2 unspecified atom stereocenters. The van der Waals surface area contributed by atoms with E-state index in [1.807, 2.05) is 13.8 Å². The molecule has 3 heterocycles. The number of benzene rings is 2. The number of methoxy groups -OCH3 is 1. The zero-order chi connectivity index (χ0) is 29.9. The van der Waals surface area contributed by atoms with Gasteiger partial charge in [-0.15, -0.1) is 0 Å². The van der Waals surface area contributed by atoms with Crippen LogP contribution in [0.1, 0.15) is 52.4 Å². The molecule has 2 bridgehead atoms. The Kier molecular flexibility index (Phi) is 8.75. The number of nitrogens with zero attached hydrogens (tertiary/aromatic N) is 1. The average Bonchev–Trinajstić information content (AvgIpc) is 3.55. The van der Waals surface area contributed by atoms with Gasteiger partial charge in [-0.1, -0.05) is 12.8 Å². The van der Waals surface area contributed by atoms with E-state index >= 15 is 0 Å². The first-order chi connectivity index (χ1) is 20.3. The molecule has 0 aromatic heterocycles. The van der Waals surface area contributed by atoms with Crippen LogP contribution in [0.15, 0.2) is 48.5 Å². The highest BCUT2D eigenvalue weighted by atomic mass is 16.5. The van der Waals surface area contributed by atoms with E-state index in [9.17, 15) is 14.4 Å². The maximum Gasteiger partial charge on any atom is 0.250 e. The fourth-order valence-corrected chi connectivity index (χ4v) is 7.02. The minimum absolute atomic E-state index is 0.123. The number of aliphatic hydroxyl groups excluding tert-OH is 1. The quantitative estimate of drug-likeness (QED) is 0.306. The monoisotopic (exact) mass is 579 g/mol. The van der Waals surface area contributed by atoms with Gasteiger partial charge in [-0.05, 0) is 88.1 Å². The van der Waals surface area contributed by atoms with Gasteiger partial charge in [0, 0.05) is 24.5 Å².